The minimum Gasteiger partial charge on any atom is -0.454 e. The molecule has 0 unspecified atom stereocenters. The summed E-state index contributed by atoms with van der Waals surface area (Å²) in [5.74, 6) is 0.907. The summed E-state index contributed by atoms with van der Waals surface area (Å²) >= 11 is 3.45. The highest BCUT2D eigenvalue weighted by molar-refractivity contribution is 9.10. The van der Waals surface area contributed by atoms with E-state index in [-0.39, 0.29) is 18.4 Å². The second-order valence-corrected chi connectivity index (χ2v) is 5.88. The number of hydrogen-bond donors (Lipinski definition) is 1. The molecule has 2 aromatic carbocycles. The number of carbonyl (C=O) groups is 1. The summed E-state index contributed by atoms with van der Waals surface area (Å²) in [6.45, 7) is 0.188. The lowest BCUT2D eigenvalue weighted by Gasteiger charge is -2.04. The molecule has 1 aliphatic heterocycles. The highest BCUT2D eigenvalue weighted by Crippen LogP contribution is 2.34. The zero-order valence-corrected chi connectivity index (χ0v) is 13.9. The first-order valence-corrected chi connectivity index (χ1v) is 7.88. The maximum Gasteiger partial charge on any atom is 0.277 e. The Kier molecular flexibility index (Phi) is 3.66. The van der Waals surface area contributed by atoms with Crippen molar-refractivity contribution in [3.63, 3.8) is 0 Å². The molecule has 3 aromatic rings. The molecule has 24 heavy (non-hydrogen) atoms. The van der Waals surface area contributed by atoms with E-state index >= 15 is 0 Å². The van der Waals surface area contributed by atoms with Gasteiger partial charge < -0.3 is 14.8 Å². The van der Waals surface area contributed by atoms with Gasteiger partial charge in [-0.1, -0.05) is 17.3 Å². The molecular weight excluding hydrogens is 376 g/mol. The van der Waals surface area contributed by atoms with Gasteiger partial charge in [-0.2, -0.15) is 0 Å². The number of nitrogens with zero attached hydrogens (tertiary/aromatic N) is 3. The molecular formula is C16H11BrN4O3. The number of hydrogen-bond acceptors (Lipinski definition) is 5. The largest absolute Gasteiger partial charge is 0.454 e. The van der Waals surface area contributed by atoms with Gasteiger partial charge in [0, 0.05) is 16.2 Å². The molecule has 0 saturated carbocycles. The van der Waals surface area contributed by atoms with E-state index in [4.69, 9.17) is 9.47 Å². The third-order valence-electron chi connectivity index (χ3n) is 3.46. The molecule has 4 rings (SSSR count). The van der Waals surface area contributed by atoms with Gasteiger partial charge in [0.15, 0.2) is 17.2 Å². The lowest BCUT2D eigenvalue weighted by atomic mass is 10.2. The van der Waals surface area contributed by atoms with Crippen LogP contribution in [0, 0.1) is 0 Å². The number of anilines is 1. The van der Waals surface area contributed by atoms with E-state index in [1.165, 1.54) is 0 Å². The number of fused-ring (bicyclic) bond motifs is 1. The average Bonchev–Trinajstić information content (AvgIpc) is 3.24. The minimum absolute atomic E-state index is 0.188. The van der Waals surface area contributed by atoms with Crippen molar-refractivity contribution >= 4 is 27.5 Å². The average molecular weight is 387 g/mol. The van der Waals surface area contributed by atoms with Crippen LogP contribution in [0.15, 0.2) is 53.1 Å². The summed E-state index contributed by atoms with van der Waals surface area (Å²) < 4.78 is 12.9. The first kappa shape index (κ1) is 14.7. The fourth-order valence-electron chi connectivity index (χ4n) is 2.29. The van der Waals surface area contributed by atoms with Crippen molar-refractivity contribution < 1.29 is 14.3 Å². The van der Waals surface area contributed by atoms with E-state index in [1.807, 2.05) is 24.3 Å². The monoisotopic (exact) mass is 386 g/mol. The summed E-state index contributed by atoms with van der Waals surface area (Å²) in [7, 11) is 0. The number of halogens is 1. The van der Waals surface area contributed by atoms with Crippen LogP contribution in [0.3, 0.4) is 0 Å². The van der Waals surface area contributed by atoms with Gasteiger partial charge in [0.1, 0.15) is 0 Å². The standard InChI is InChI=1S/C16H11BrN4O3/c17-11-3-1-2-4-13(11)21-8-12(19-20-21)16(22)18-10-5-6-14-15(7-10)24-9-23-14/h1-8H,9H2,(H,18,22). The molecule has 0 atom stereocenters. The van der Waals surface area contributed by atoms with Crippen molar-refractivity contribution in [2.24, 2.45) is 0 Å². The van der Waals surface area contributed by atoms with Crippen LogP contribution < -0.4 is 14.8 Å². The molecule has 1 aromatic heterocycles. The maximum absolute atomic E-state index is 12.3. The molecule has 0 spiro atoms. The Morgan fingerprint density at radius 2 is 2.00 bits per heavy atom. The van der Waals surface area contributed by atoms with E-state index in [2.05, 4.69) is 31.6 Å². The third kappa shape index (κ3) is 2.71. The van der Waals surface area contributed by atoms with E-state index in [0.29, 0.717) is 17.2 Å². The van der Waals surface area contributed by atoms with Crippen LogP contribution in [0.4, 0.5) is 5.69 Å². The van der Waals surface area contributed by atoms with Gasteiger partial charge >= 0.3 is 0 Å². The molecule has 2 heterocycles. The molecule has 0 aliphatic carbocycles. The molecule has 1 N–H and O–H groups in total. The van der Waals surface area contributed by atoms with Gasteiger partial charge in [0.25, 0.3) is 5.91 Å². The van der Waals surface area contributed by atoms with Crippen LogP contribution >= 0.6 is 15.9 Å². The number of carbonyl (C=O) groups excluding carboxylic acids is 1. The van der Waals surface area contributed by atoms with Crippen LogP contribution in [0.1, 0.15) is 10.5 Å². The smallest absolute Gasteiger partial charge is 0.277 e. The zero-order chi connectivity index (χ0) is 16.5. The molecule has 0 radical (unpaired) electrons. The van der Waals surface area contributed by atoms with Gasteiger partial charge in [0.2, 0.25) is 6.79 Å². The zero-order valence-electron chi connectivity index (χ0n) is 12.3. The second kappa shape index (κ2) is 5.97. The Morgan fingerprint density at radius 1 is 1.17 bits per heavy atom. The van der Waals surface area contributed by atoms with Crippen molar-refractivity contribution in [1.29, 1.82) is 0 Å². The van der Waals surface area contributed by atoms with E-state index in [1.54, 1.807) is 29.1 Å². The van der Waals surface area contributed by atoms with Gasteiger partial charge in [-0.25, -0.2) is 4.68 Å². The normalized spacial score (nSPS) is 12.2. The molecule has 0 saturated heterocycles. The van der Waals surface area contributed by atoms with E-state index in [0.717, 1.165) is 10.2 Å². The molecule has 1 aliphatic rings. The summed E-state index contributed by atoms with van der Waals surface area (Å²) in [5.41, 5.74) is 1.61. The predicted octanol–water partition coefficient (Wildman–Crippen LogP) is 3.01. The fourth-order valence-corrected chi connectivity index (χ4v) is 2.76. The molecule has 0 bridgehead atoms. The molecule has 8 heteroatoms. The van der Waals surface area contributed by atoms with E-state index in [9.17, 15) is 4.79 Å². The SMILES string of the molecule is O=C(Nc1ccc2c(c1)OCO2)c1cn(-c2ccccc2Br)nn1. The summed E-state index contributed by atoms with van der Waals surface area (Å²) in [6.07, 6.45) is 1.57. The van der Waals surface area contributed by atoms with Crippen LogP contribution in [0.25, 0.3) is 5.69 Å². The minimum atomic E-state index is -0.354. The number of ether oxygens (including phenoxy) is 2. The summed E-state index contributed by atoms with van der Waals surface area (Å²) in [5, 5.41) is 10.7. The first-order valence-electron chi connectivity index (χ1n) is 7.09. The Bertz CT molecular complexity index is 925. The number of amides is 1. The highest BCUT2D eigenvalue weighted by Gasteiger charge is 2.16. The molecule has 7 nitrogen and oxygen atoms in total. The van der Waals surface area contributed by atoms with Crippen LogP contribution in [-0.2, 0) is 0 Å². The van der Waals surface area contributed by atoms with E-state index < -0.39 is 0 Å². The number of benzene rings is 2. The molecule has 0 fully saturated rings. The van der Waals surface area contributed by atoms with Crippen molar-refractivity contribution in [2.75, 3.05) is 12.1 Å². The van der Waals surface area contributed by atoms with Gasteiger partial charge in [-0.3, -0.25) is 4.79 Å². The number of para-hydroxylation sites is 1. The van der Waals surface area contributed by atoms with Gasteiger partial charge in [-0.15, -0.1) is 5.10 Å². The first-order chi connectivity index (χ1) is 11.7. The highest BCUT2D eigenvalue weighted by atomic mass is 79.9. The molecule has 120 valence electrons. The van der Waals surface area contributed by atoms with Crippen molar-refractivity contribution in [3.8, 4) is 17.2 Å². The Hall–Kier alpha value is -2.87. The van der Waals surface area contributed by atoms with Crippen molar-refractivity contribution in [3.05, 3.63) is 58.8 Å². The van der Waals surface area contributed by atoms with Gasteiger partial charge in [0.05, 0.1) is 11.9 Å². The van der Waals surface area contributed by atoms with Crippen molar-refractivity contribution in [2.45, 2.75) is 0 Å². The van der Waals surface area contributed by atoms with Crippen molar-refractivity contribution in [1.82, 2.24) is 15.0 Å². The Morgan fingerprint density at radius 3 is 2.88 bits per heavy atom. The fraction of sp³-hybridized carbons (Fsp3) is 0.0625. The van der Waals surface area contributed by atoms with Crippen LogP contribution in [-0.4, -0.2) is 27.7 Å². The maximum atomic E-state index is 12.3. The predicted molar refractivity (Wildman–Crippen MR) is 89.6 cm³/mol. The number of rotatable bonds is 3. The summed E-state index contributed by atoms with van der Waals surface area (Å²) in [6, 6.07) is 12.7. The number of aromatic nitrogens is 3. The van der Waals surface area contributed by atoms with Gasteiger partial charge in [-0.05, 0) is 40.2 Å². The third-order valence-corrected chi connectivity index (χ3v) is 4.13. The lowest BCUT2D eigenvalue weighted by Crippen LogP contribution is -2.12. The Balaban J connectivity index is 1.54. The quantitative estimate of drug-likeness (QED) is 0.748. The topological polar surface area (TPSA) is 78.3 Å². The Labute approximate surface area is 145 Å². The summed E-state index contributed by atoms with van der Waals surface area (Å²) in [4.78, 5) is 12.3. The molecule has 1 amide bonds. The van der Waals surface area contributed by atoms with Crippen LogP contribution in [0.2, 0.25) is 0 Å². The second-order valence-electron chi connectivity index (χ2n) is 5.02. The lowest BCUT2D eigenvalue weighted by molar-refractivity contribution is 0.102. The van der Waals surface area contributed by atoms with Crippen LogP contribution in [0.5, 0.6) is 11.5 Å². The number of nitrogens with one attached hydrogen (secondary N) is 1.